The van der Waals surface area contributed by atoms with E-state index >= 15 is 0 Å². The van der Waals surface area contributed by atoms with Crippen LogP contribution in [0.2, 0.25) is 0 Å². The van der Waals surface area contributed by atoms with Crippen LogP contribution in [0, 0.1) is 0 Å². The van der Waals surface area contributed by atoms with E-state index in [1.165, 1.54) is 16.8 Å². The third-order valence-electron chi connectivity index (χ3n) is 3.37. The highest BCUT2D eigenvalue weighted by atomic mass is 35.7. The van der Waals surface area contributed by atoms with Crippen molar-refractivity contribution < 1.29 is 13.2 Å². The maximum atomic E-state index is 12.4. The van der Waals surface area contributed by atoms with Crippen molar-refractivity contribution in [2.75, 3.05) is 13.1 Å². The fourth-order valence-electron chi connectivity index (χ4n) is 2.32. The number of carbonyl (C=O) groups excluding carboxylic acids is 1. The Morgan fingerprint density at radius 2 is 1.79 bits per heavy atom. The van der Waals surface area contributed by atoms with Crippen LogP contribution >= 0.6 is 10.7 Å². The van der Waals surface area contributed by atoms with E-state index in [0.717, 1.165) is 38.8 Å². The predicted molar refractivity (Wildman–Crippen MR) is 72.8 cm³/mol. The smallest absolute Gasteiger partial charge is 0.270 e. The molecule has 0 N–H and O–H groups in total. The van der Waals surface area contributed by atoms with Gasteiger partial charge in [0.1, 0.15) is 10.6 Å². The van der Waals surface area contributed by atoms with Crippen molar-refractivity contribution in [3.8, 4) is 0 Å². The van der Waals surface area contributed by atoms with E-state index < -0.39 is 9.05 Å². The number of rotatable bonds is 2. The summed E-state index contributed by atoms with van der Waals surface area (Å²) in [5.41, 5.74) is 0.362. The molecule has 0 unspecified atom stereocenters. The summed E-state index contributed by atoms with van der Waals surface area (Å²) in [7, 11) is 3.15. The topological polar surface area (TPSA) is 59.4 Å². The van der Waals surface area contributed by atoms with E-state index in [9.17, 15) is 13.2 Å². The summed E-state index contributed by atoms with van der Waals surface area (Å²) < 4.78 is 24.1. The summed E-state index contributed by atoms with van der Waals surface area (Å²) in [6.45, 7) is 1.46. The van der Waals surface area contributed by atoms with Crippen LogP contribution in [0.3, 0.4) is 0 Å². The minimum absolute atomic E-state index is 0.0326. The molecule has 0 radical (unpaired) electrons. The Morgan fingerprint density at radius 1 is 1.21 bits per heavy atom. The molecule has 106 valence electrons. The molecule has 1 aromatic heterocycles. The Kier molecular flexibility index (Phi) is 4.20. The van der Waals surface area contributed by atoms with Crippen LogP contribution in [-0.2, 0) is 16.1 Å². The van der Waals surface area contributed by atoms with Gasteiger partial charge in [0, 0.05) is 37.0 Å². The molecule has 0 saturated carbocycles. The first-order valence-corrected chi connectivity index (χ1v) is 8.61. The molecule has 0 atom stereocenters. The second-order valence-corrected chi connectivity index (χ2v) is 7.38. The first kappa shape index (κ1) is 14.4. The molecule has 5 nitrogen and oxygen atoms in total. The maximum absolute atomic E-state index is 12.4. The van der Waals surface area contributed by atoms with Gasteiger partial charge in [-0.3, -0.25) is 4.79 Å². The van der Waals surface area contributed by atoms with Gasteiger partial charge in [-0.05, 0) is 18.9 Å². The third kappa shape index (κ3) is 3.30. The molecule has 0 aliphatic carbocycles. The molecule has 1 aromatic rings. The molecule has 1 fully saturated rings. The molecular formula is C12H17ClN2O3S. The third-order valence-corrected chi connectivity index (χ3v) is 4.69. The Labute approximate surface area is 117 Å². The van der Waals surface area contributed by atoms with Gasteiger partial charge in [0.05, 0.1) is 0 Å². The van der Waals surface area contributed by atoms with Gasteiger partial charge in [-0.25, -0.2) is 8.42 Å². The minimum atomic E-state index is -3.80. The van der Waals surface area contributed by atoms with Crippen molar-refractivity contribution in [3.63, 3.8) is 0 Å². The molecule has 0 bridgehead atoms. The highest BCUT2D eigenvalue weighted by Gasteiger charge is 2.23. The molecule has 7 heteroatoms. The number of halogens is 1. The van der Waals surface area contributed by atoms with E-state index in [0.29, 0.717) is 5.69 Å². The summed E-state index contributed by atoms with van der Waals surface area (Å²) in [6, 6.07) is 1.34. The zero-order valence-electron chi connectivity index (χ0n) is 10.8. The van der Waals surface area contributed by atoms with Crippen molar-refractivity contribution in [2.45, 2.75) is 30.6 Å². The van der Waals surface area contributed by atoms with Gasteiger partial charge in [0.25, 0.3) is 15.0 Å². The molecule has 1 amide bonds. The van der Waals surface area contributed by atoms with Gasteiger partial charge in [-0.15, -0.1) is 0 Å². The Hall–Kier alpha value is -1.01. The lowest BCUT2D eigenvalue weighted by atomic mass is 10.2. The van der Waals surface area contributed by atoms with Crippen LogP contribution in [0.25, 0.3) is 0 Å². The van der Waals surface area contributed by atoms with Crippen molar-refractivity contribution in [1.82, 2.24) is 9.47 Å². The zero-order chi connectivity index (χ0) is 14.0. The van der Waals surface area contributed by atoms with Crippen LogP contribution < -0.4 is 0 Å². The number of aromatic nitrogens is 1. The largest absolute Gasteiger partial charge is 0.345 e. The lowest BCUT2D eigenvalue weighted by molar-refractivity contribution is 0.0752. The number of hydrogen-bond acceptors (Lipinski definition) is 3. The van der Waals surface area contributed by atoms with Crippen molar-refractivity contribution in [1.29, 1.82) is 0 Å². The fraction of sp³-hybridized carbons (Fsp3) is 0.583. The number of likely N-dealkylation sites (tertiary alicyclic amines) is 1. The van der Waals surface area contributed by atoms with Crippen LogP contribution in [0.15, 0.2) is 17.2 Å². The van der Waals surface area contributed by atoms with E-state index in [-0.39, 0.29) is 10.8 Å². The van der Waals surface area contributed by atoms with Gasteiger partial charge in [-0.2, -0.15) is 0 Å². The lowest BCUT2D eigenvalue weighted by Gasteiger charge is -2.20. The molecule has 0 spiro atoms. The summed E-state index contributed by atoms with van der Waals surface area (Å²) >= 11 is 0. The normalized spacial score (nSPS) is 17.3. The van der Waals surface area contributed by atoms with Gasteiger partial charge in [-0.1, -0.05) is 12.8 Å². The van der Waals surface area contributed by atoms with Crippen LogP contribution in [0.5, 0.6) is 0 Å². The van der Waals surface area contributed by atoms with Gasteiger partial charge >= 0.3 is 0 Å². The van der Waals surface area contributed by atoms with Crippen molar-refractivity contribution in [3.05, 3.63) is 18.0 Å². The van der Waals surface area contributed by atoms with Crippen LogP contribution in [0.4, 0.5) is 0 Å². The molecule has 1 aliphatic rings. The highest BCUT2D eigenvalue weighted by molar-refractivity contribution is 8.13. The minimum Gasteiger partial charge on any atom is -0.345 e. The molecular weight excluding hydrogens is 288 g/mol. The maximum Gasteiger partial charge on any atom is 0.270 e. The standard InChI is InChI=1S/C12H17ClN2O3S/c1-14-9-10(19(13,17)18)8-11(14)12(16)15-6-4-2-3-5-7-15/h8-9H,2-7H2,1H3. The van der Waals surface area contributed by atoms with E-state index in [2.05, 4.69) is 0 Å². The van der Waals surface area contributed by atoms with E-state index in [1.807, 2.05) is 0 Å². The Morgan fingerprint density at radius 3 is 2.26 bits per heavy atom. The summed E-state index contributed by atoms with van der Waals surface area (Å²) in [4.78, 5) is 14.1. The average Bonchev–Trinajstić information content (AvgIpc) is 2.57. The molecule has 19 heavy (non-hydrogen) atoms. The first-order chi connectivity index (χ1) is 8.89. The fourth-order valence-corrected chi connectivity index (χ4v) is 3.11. The Bertz CT molecular complexity index is 572. The number of hydrogen-bond donors (Lipinski definition) is 0. The lowest BCUT2D eigenvalue weighted by Crippen LogP contribution is -2.32. The predicted octanol–water partition coefficient (Wildman–Crippen LogP) is 1.97. The molecule has 0 aromatic carbocycles. The molecule has 1 aliphatic heterocycles. The summed E-state index contributed by atoms with van der Waals surface area (Å²) in [6.07, 6.45) is 5.64. The second kappa shape index (κ2) is 5.54. The highest BCUT2D eigenvalue weighted by Crippen LogP contribution is 2.20. The number of aryl methyl sites for hydroxylation is 1. The molecule has 2 heterocycles. The summed E-state index contributed by atoms with van der Waals surface area (Å²) in [5.74, 6) is -0.129. The molecule has 2 rings (SSSR count). The first-order valence-electron chi connectivity index (χ1n) is 6.30. The van der Waals surface area contributed by atoms with E-state index in [4.69, 9.17) is 10.7 Å². The number of amides is 1. The monoisotopic (exact) mass is 304 g/mol. The van der Waals surface area contributed by atoms with Crippen LogP contribution in [0.1, 0.15) is 36.2 Å². The molecule has 1 saturated heterocycles. The number of carbonyl (C=O) groups is 1. The van der Waals surface area contributed by atoms with Gasteiger partial charge in [0.15, 0.2) is 0 Å². The van der Waals surface area contributed by atoms with Crippen LogP contribution in [-0.4, -0.2) is 36.9 Å². The Balaban J connectivity index is 2.26. The summed E-state index contributed by atoms with van der Waals surface area (Å²) in [5, 5.41) is 0. The van der Waals surface area contributed by atoms with E-state index in [1.54, 1.807) is 11.9 Å². The SMILES string of the molecule is Cn1cc(S(=O)(=O)Cl)cc1C(=O)N1CCCCCC1. The quantitative estimate of drug-likeness (QED) is 0.785. The average molecular weight is 305 g/mol. The zero-order valence-corrected chi connectivity index (χ0v) is 12.4. The van der Waals surface area contributed by atoms with Gasteiger partial charge < -0.3 is 9.47 Å². The van der Waals surface area contributed by atoms with Crippen molar-refractivity contribution in [2.24, 2.45) is 7.05 Å². The van der Waals surface area contributed by atoms with Gasteiger partial charge in [0.2, 0.25) is 0 Å². The number of nitrogens with zero attached hydrogens (tertiary/aromatic N) is 2. The van der Waals surface area contributed by atoms with Crippen molar-refractivity contribution >= 4 is 25.6 Å². The second-order valence-electron chi connectivity index (χ2n) is 4.82.